The Morgan fingerprint density at radius 1 is 1.35 bits per heavy atom. The van der Waals surface area contributed by atoms with Crippen LogP contribution in [-0.4, -0.2) is 53.6 Å². The largest absolute Gasteiger partial charge is 0.481 e. The number of hydrogen-bond acceptors (Lipinski definition) is 5. The van der Waals surface area contributed by atoms with Gasteiger partial charge in [0.15, 0.2) is 0 Å². The number of likely N-dealkylation sites (N-methyl/N-ethyl adjacent to an activating group) is 1. The van der Waals surface area contributed by atoms with Crippen LogP contribution in [0.15, 0.2) is 12.4 Å². The third-order valence-corrected chi connectivity index (χ3v) is 4.61. The van der Waals surface area contributed by atoms with E-state index >= 15 is 0 Å². The molecule has 0 aromatic carbocycles. The standard InChI is InChI=1S/C14H20N4O2/c1-17-13(19)4-6-14(17)5-3-7-18(9-14)11-8-12(20-2)16-10-15-11/h8,10H,3-7,9H2,1-2H3/t14-/m0/s1. The van der Waals surface area contributed by atoms with Crippen molar-refractivity contribution in [1.82, 2.24) is 14.9 Å². The molecule has 0 saturated carbocycles. The molecule has 6 nitrogen and oxygen atoms in total. The van der Waals surface area contributed by atoms with Crippen LogP contribution in [0.2, 0.25) is 0 Å². The molecule has 0 radical (unpaired) electrons. The summed E-state index contributed by atoms with van der Waals surface area (Å²) in [6.45, 7) is 1.80. The van der Waals surface area contributed by atoms with Gasteiger partial charge in [0.05, 0.1) is 12.6 Å². The van der Waals surface area contributed by atoms with E-state index < -0.39 is 0 Å². The highest BCUT2D eigenvalue weighted by Gasteiger charge is 2.45. The van der Waals surface area contributed by atoms with Crippen molar-refractivity contribution in [3.05, 3.63) is 12.4 Å². The Hall–Kier alpha value is -1.85. The Morgan fingerprint density at radius 2 is 2.20 bits per heavy atom. The van der Waals surface area contributed by atoms with Gasteiger partial charge in [-0.05, 0) is 19.3 Å². The molecule has 6 heteroatoms. The number of aromatic nitrogens is 2. The van der Waals surface area contributed by atoms with E-state index in [1.807, 2.05) is 18.0 Å². The van der Waals surface area contributed by atoms with Gasteiger partial charge >= 0.3 is 0 Å². The molecule has 2 aliphatic rings. The number of amides is 1. The fourth-order valence-electron chi connectivity index (χ4n) is 3.34. The Kier molecular flexibility index (Phi) is 3.23. The first kappa shape index (κ1) is 13.1. The Bertz CT molecular complexity index is 522. The normalized spacial score (nSPS) is 26.4. The van der Waals surface area contributed by atoms with Crippen LogP contribution in [0.1, 0.15) is 25.7 Å². The fourth-order valence-corrected chi connectivity index (χ4v) is 3.34. The number of nitrogens with zero attached hydrogens (tertiary/aromatic N) is 4. The molecule has 0 unspecified atom stereocenters. The van der Waals surface area contributed by atoms with Gasteiger partial charge in [0.2, 0.25) is 11.8 Å². The highest BCUT2D eigenvalue weighted by molar-refractivity contribution is 5.79. The molecule has 1 atom stereocenters. The van der Waals surface area contributed by atoms with Gasteiger partial charge in [0.25, 0.3) is 0 Å². The van der Waals surface area contributed by atoms with Crippen molar-refractivity contribution in [2.24, 2.45) is 0 Å². The van der Waals surface area contributed by atoms with Gasteiger partial charge in [-0.25, -0.2) is 9.97 Å². The lowest BCUT2D eigenvalue weighted by atomic mass is 9.86. The number of hydrogen-bond donors (Lipinski definition) is 0. The Balaban J connectivity index is 1.83. The molecule has 0 N–H and O–H groups in total. The lowest BCUT2D eigenvalue weighted by Crippen LogP contribution is -2.55. The Labute approximate surface area is 118 Å². The molecule has 2 saturated heterocycles. The molecular weight excluding hydrogens is 256 g/mol. The minimum absolute atomic E-state index is 0.0203. The first-order valence-electron chi connectivity index (χ1n) is 7.02. The second kappa shape index (κ2) is 4.92. The van der Waals surface area contributed by atoms with E-state index in [2.05, 4.69) is 14.9 Å². The highest BCUT2D eigenvalue weighted by Crippen LogP contribution is 2.37. The summed E-state index contributed by atoms with van der Waals surface area (Å²) in [5, 5.41) is 0. The zero-order valence-corrected chi connectivity index (χ0v) is 12.0. The molecule has 108 valence electrons. The van der Waals surface area contributed by atoms with Gasteiger partial charge in [-0.3, -0.25) is 4.79 Å². The van der Waals surface area contributed by atoms with Crippen molar-refractivity contribution in [2.45, 2.75) is 31.2 Å². The summed E-state index contributed by atoms with van der Waals surface area (Å²) in [6, 6.07) is 1.86. The van der Waals surface area contributed by atoms with Crippen molar-refractivity contribution >= 4 is 11.7 Å². The van der Waals surface area contributed by atoms with Crippen LogP contribution < -0.4 is 9.64 Å². The molecule has 20 heavy (non-hydrogen) atoms. The van der Waals surface area contributed by atoms with E-state index in [0.717, 1.165) is 38.2 Å². The van der Waals surface area contributed by atoms with Crippen LogP contribution in [0.3, 0.4) is 0 Å². The van der Waals surface area contributed by atoms with Crippen molar-refractivity contribution in [3.8, 4) is 5.88 Å². The smallest absolute Gasteiger partial charge is 0.222 e. The van der Waals surface area contributed by atoms with Gasteiger partial charge in [-0.15, -0.1) is 0 Å². The van der Waals surface area contributed by atoms with Crippen molar-refractivity contribution < 1.29 is 9.53 Å². The average molecular weight is 276 g/mol. The molecule has 1 aromatic rings. The van der Waals surface area contributed by atoms with Gasteiger partial charge in [-0.1, -0.05) is 0 Å². The van der Waals surface area contributed by atoms with Crippen LogP contribution in [-0.2, 0) is 4.79 Å². The summed E-state index contributed by atoms with van der Waals surface area (Å²) in [7, 11) is 3.53. The maximum absolute atomic E-state index is 11.9. The topological polar surface area (TPSA) is 58.6 Å². The molecule has 3 rings (SSSR count). The van der Waals surface area contributed by atoms with Gasteiger partial charge in [0, 0.05) is 32.6 Å². The van der Waals surface area contributed by atoms with E-state index in [4.69, 9.17) is 4.74 Å². The predicted molar refractivity (Wildman–Crippen MR) is 74.8 cm³/mol. The summed E-state index contributed by atoms with van der Waals surface area (Å²) in [5.41, 5.74) is -0.0203. The Morgan fingerprint density at radius 3 is 2.90 bits per heavy atom. The second-order valence-electron chi connectivity index (χ2n) is 5.62. The molecule has 0 aliphatic carbocycles. The molecule has 1 aromatic heterocycles. The van der Waals surface area contributed by atoms with E-state index in [9.17, 15) is 4.79 Å². The fraction of sp³-hybridized carbons (Fsp3) is 0.643. The first-order chi connectivity index (χ1) is 9.64. The highest BCUT2D eigenvalue weighted by atomic mass is 16.5. The zero-order chi connectivity index (χ0) is 14.2. The average Bonchev–Trinajstić information content (AvgIpc) is 2.76. The lowest BCUT2D eigenvalue weighted by molar-refractivity contribution is -0.129. The van der Waals surface area contributed by atoms with Crippen molar-refractivity contribution in [3.63, 3.8) is 0 Å². The van der Waals surface area contributed by atoms with E-state index in [1.165, 1.54) is 6.33 Å². The third-order valence-electron chi connectivity index (χ3n) is 4.61. The molecule has 2 fully saturated rings. The number of anilines is 1. The first-order valence-corrected chi connectivity index (χ1v) is 7.02. The molecular formula is C14H20N4O2. The third kappa shape index (κ3) is 2.09. The minimum atomic E-state index is -0.0203. The maximum atomic E-state index is 11.9. The molecule has 1 spiro atoms. The molecule has 1 amide bonds. The summed E-state index contributed by atoms with van der Waals surface area (Å²) in [4.78, 5) is 24.4. The van der Waals surface area contributed by atoms with Crippen molar-refractivity contribution in [1.29, 1.82) is 0 Å². The zero-order valence-electron chi connectivity index (χ0n) is 12.0. The van der Waals surface area contributed by atoms with Gasteiger partial charge in [-0.2, -0.15) is 0 Å². The number of likely N-dealkylation sites (tertiary alicyclic amines) is 1. The van der Waals surface area contributed by atoms with Crippen LogP contribution in [0, 0.1) is 0 Å². The van der Waals surface area contributed by atoms with Crippen LogP contribution in [0.5, 0.6) is 5.88 Å². The van der Waals surface area contributed by atoms with Gasteiger partial charge in [0.1, 0.15) is 12.1 Å². The number of rotatable bonds is 2. The number of piperidine rings is 1. The van der Waals surface area contributed by atoms with Crippen LogP contribution >= 0.6 is 0 Å². The lowest BCUT2D eigenvalue weighted by Gasteiger charge is -2.44. The molecule has 2 aliphatic heterocycles. The van der Waals surface area contributed by atoms with Crippen LogP contribution in [0.25, 0.3) is 0 Å². The summed E-state index contributed by atoms with van der Waals surface area (Å²) in [6.07, 6.45) is 5.29. The SMILES string of the molecule is COc1cc(N2CCC[C@]3(CCC(=O)N3C)C2)ncn1. The number of ether oxygens (including phenoxy) is 1. The molecule has 0 bridgehead atoms. The summed E-state index contributed by atoms with van der Waals surface area (Å²) >= 11 is 0. The monoisotopic (exact) mass is 276 g/mol. The van der Waals surface area contributed by atoms with E-state index in [0.29, 0.717) is 12.3 Å². The predicted octanol–water partition coefficient (Wildman–Crippen LogP) is 1.08. The maximum Gasteiger partial charge on any atom is 0.222 e. The van der Waals surface area contributed by atoms with E-state index in [-0.39, 0.29) is 11.4 Å². The summed E-state index contributed by atoms with van der Waals surface area (Å²) in [5.74, 6) is 1.71. The molecule has 3 heterocycles. The summed E-state index contributed by atoms with van der Waals surface area (Å²) < 4.78 is 5.16. The van der Waals surface area contributed by atoms with Crippen LogP contribution in [0.4, 0.5) is 5.82 Å². The second-order valence-corrected chi connectivity index (χ2v) is 5.62. The number of carbonyl (C=O) groups is 1. The van der Waals surface area contributed by atoms with Crippen molar-refractivity contribution in [2.75, 3.05) is 32.1 Å². The van der Waals surface area contributed by atoms with Gasteiger partial charge < -0.3 is 14.5 Å². The number of carbonyl (C=O) groups excluding carboxylic acids is 1. The number of methoxy groups -OCH3 is 1. The minimum Gasteiger partial charge on any atom is -0.481 e. The van der Waals surface area contributed by atoms with E-state index in [1.54, 1.807) is 7.11 Å². The quantitative estimate of drug-likeness (QED) is 0.809.